The highest BCUT2D eigenvalue weighted by Crippen LogP contribution is 2.12. The van der Waals surface area contributed by atoms with Crippen molar-refractivity contribution in [2.75, 3.05) is 5.73 Å². The van der Waals surface area contributed by atoms with Crippen LogP contribution in [-0.2, 0) is 0 Å². The number of benzene rings is 1. The fourth-order valence-electron chi connectivity index (χ4n) is 1.96. The Kier molecular flexibility index (Phi) is 4.20. The summed E-state index contributed by atoms with van der Waals surface area (Å²) < 4.78 is 1.61. The zero-order valence-corrected chi connectivity index (χ0v) is 12.2. The molecular weight excluding hydrogens is 272 g/mol. The van der Waals surface area contributed by atoms with Crippen LogP contribution < -0.4 is 10.3 Å². The second-order valence-corrected chi connectivity index (χ2v) is 5.11. The molecule has 4 heteroatoms. The van der Waals surface area contributed by atoms with Crippen molar-refractivity contribution >= 4 is 29.4 Å². The summed E-state index contributed by atoms with van der Waals surface area (Å²) in [4.78, 5) is 12.2. The van der Waals surface area contributed by atoms with Crippen LogP contribution in [0.2, 0.25) is 5.02 Å². The lowest BCUT2D eigenvalue weighted by atomic mass is 10.0. The number of aromatic nitrogens is 1. The highest BCUT2D eigenvalue weighted by atomic mass is 35.5. The molecule has 0 bridgehead atoms. The number of ketones is 1. The SMILES string of the molecule is Cc1ccc(C(=O)C=C[n+]2cc(Cl)ccc2N)c(C)c1. The van der Waals surface area contributed by atoms with Gasteiger partial charge in [-0.05, 0) is 25.5 Å². The molecule has 0 radical (unpaired) electrons. The summed E-state index contributed by atoms with van der Waals surface area (Å²) in [6, 6.07) is 9.14. The number of hydrogen-bond acceptors (Lipinski definition) is 2. The summed E-state index contributed by atoms with van der Waals surface area (Å²) in [6.45, 7) is 3.93. The Bertz CT molecular complexity index is 693. The van der Waals surface area contributed by atoms with Gasteiger partial charge in [0, 0.05) is 17.7 Å². The van der Waals surface area contributed by atoms with Gasteiger partial charge < -0.3 is 0 Å². The number of pyridine rings is 1. The van der Waals surface area contributed by atoms with Crippen molar-refractivity contribution in [2.45, 2.75) is 13.8 Å². The Hall–Kier alpha value is -2.13. The van der Waals surface area contributed by atoms with E-state index in [0.717, 1.165) is 11.1 Å². The molecule has 2 aromatic rings. The molecule has 0 spiro atoms. The van der Waals surface area contributed by atoms with E-state index in [2.05, 4.69) is 0 Å². The molecule has 1 aromatic heterocycles. The fraction of sp³-hybridized carbons (Fsp3) is 0.125. The maximum absolute atomic E-state index is 12.2. The third-order valence-electron chi connectivity index (χ3n) is 3.01. The number of halogens is 1. The van der Waals surface area contributed by atoms with Gasteiger partial charge in [-0.25, -0.2) is 4.57 Å². The van der Waals surface area contributed by atoms with Crippen molar-refractivity contribution in [3.05, 3.63) is 64.3 Å². The molecule has 20 heavy (non-hydrogen) atoms. The van der Waals surface area contributed by atoms with E-state index in [4.69, 9.17) is 17.3 Å². The highest BCUT2D eigenvalue weighted by molar-refractivity contribution is 6.30. The average Bonchev–Trinajstić information content (AvgIpc) is 2.39. The minimum Gasteiger partial charge on any atom is -0.289 e. The van der Waals surface area contributed by atoms with Crippen molar-refractivity contribution in [1.82, 2.24) is 0 Å². The normalized spacial score (nSPS) is 10.9. The zero-order valence-electron chi connectivity index (χ0n) is 11.4. The number of allylic oxidation sites excluding steroid dienone is 1. The largest absolute Gasteiger partial charge is 0.289 e. The molecule has 0 saturated heterocycles. The van der Waals surface area contributed by atoms with Crippen molar-refractivity contribution < 1.29 is 9.36 Å². The predicted octanol–water partition coefficient (Wildman–Crippen LogP) is 3.18. The van der Waals surface area contributed by atoms with E-state index in [1.165, 1.54) is 6.08 Å². The molecule has 0 saturated carbocycles. The van der Waals surface area contributed by atoms with Crippen molar-refractivity contribution in [3.63, 3.8) is 0 Å². The first-order valence-electron chi connectivity index (χ1n) is 6.23. The average molecular weight is 288 g/mol. The number of hydrogen-bond donors (Lipinski definition) is 1. The Morgan fingerprint density at radius 1 is 1.25 bits per heavy atom. The van der Waals surface area contributed by atoms with E-state index < -0.39 is 0 Å². The van der Waals surface area contributed by atoms with Gasteiger partial charge in [-0.2, -0.15) is 0 Å². The quantitative estimate of drug-likeness (QED) is 0.535. The van der Waals surface area contributed by atoms with Crippen molar-refractivity contribution in [1.29, 1.82) is 0 Å². The van der Waals surface area contributed by atoms with Crippen LogP contribution in [0.1, 0.15) is 21.5 Å². The summed E-state index contributed by atoms with van der Waals surface area (Å²) >= 11 is 5.90. The monoisotopic (exact) mass is 287 g/mol. The van der Waals surface area contributed by atoms with Gasteiger partial charge in [0.2, 0.25) is 0 Å². The van der Waals surface area contributed by atoms with Gasteiger partial charge in [-0.1, -0.05) is 35.4 Å². The van der Waals surface area contributed by atoms with Crippen LogP contribution >= 0.6 is 11.6 Å². The minimum absolute atomic E-state index is 0.0608. The third-order valence-corrected chi connectivity index (χ3v) is 3.23. The molecule has 0 aliphatic heterocycles. The molecule has 0 aliphatic carbocycles. The molecular formula is C16H16ClN2O+. The molecule has 1 heterocycles. The number of rotatable bonds is 3. The molecule has 0 aliphatic rings. The maximum atomic E-state index is 12.2. The first-order chi connectivity index (χ1) is 9.47. The van der Waals surface area contributed by atoms with Gasteiger partial charge in [0.05, 0.1) is 11.2 Å². The number of aryl methyl sites for hydroxylation is 2. The maximum Gasteiger partial charge on any atom is 0.277 e. The molecule has 0 amide bonds. The Labute approximate surface area is 123 Å². The molecule has 3 nitrogen and oxygen atoms in total. The highest BCUT2D eigenvalue weighted by Gasteiger charge is 2.07. The van der Waals surface area contributed by atoms with Crippen molar-refractivity contribution in [2.24, 2.45) is 0 Å². The predicted molar refractivity (Wildman–Crippen MR) is 81.6 cm³/mol. The van der Waals surface area contributed by atoms with Crippen LogP contribution in [0.4, 0.5) is 5.82 Å². The molecule has 2 rings (SSSR count). The summed E-state index contributed by atoms with van der Waals surface area (Å²) in [5.41, 5.74) is 8.59. The van der Waals surface area contributed by atoms with Gasteiger partial charge in [0.15, 0.2) is 5.78 Å². The second-order valence-electron chi connectivity index (χ2n) is 4.68. The molecule has 0 atom stereocenters. The number of nitrogens with zero attached hydrogens (tertiary/aromatic N) is 1. The van der Waals surface area contributed by atoms with Gasteiger partial charge in [-0.15, -0.1) is 0 Å². The van der Waals surface area contributed by atoms with E-state index in [1.54, 1.807) is 29.1 Å². The first kappa shape index (κ1) is 14.3. The van der Waals surface area contributed by atoms with E-state index >= 15 is 0 Å². The van der Waals surface area contributed by atoms with Crippen LogP contribution in [-0.4, -0.2) is 5.78 Å². The Morgan fingerprint density at radius 3 is 2.70 bits per heavy atom. The van der Waals surface area contributed by atoms with Gasteiger partial charge >= 0.3 is 0 Å². The zero-order chi connectivity index (χ0) is 14.7. The molecule has 0 unspecified atom stereocenters. The lowest BCUT2D eigenvalue weighted by molar-refractivity contribution is -0.552. The second kappa shape index (κ2) is 5.88. The smallest absolute Gasteiger partial charge is 0.277 e. The van der Waals surface area contributed by atoms with Crippen LogP contribution in [0.5, 0.6) is 0 Å². The van der Waals surface area contributed by atoms with Crippen molar-refractivity contribution in [3.8, 4) is 0 Å². The minimum atomic E-state index is -0.0608. The number of nitrogen functional groups attached to an aromatic ring is 1. The Morgan fingerprint density at radius 2 is 2.00 bits per heavy atom. The first-order valence-corrected chi connectivity index (χ1v) is 6.61. The van der Waals surface area contributed by atoms with Crippen LogP contribution in [0.25, 0.3) is 6.20 Å². The summed E-state index contributed by atoms with van der Waals surface area (Å²) in [5.74, 6) is 0.452. The van der Waals surface area contributed by atoms with Crippen LogP contribution in [0, 0.1) is 13.8 Å². The van der Waals surface area contributed by atoms with E-state index in [0.29, 0.717) is 16.4 Å². The number of carbonyl (C=O) groups is 1. The lowest BCUT2D eigenvalue weighted by Crippen LogP contribution is -2.30. The van der Waals surface area contributed by atoms with Gasteiger partial charge in [0.25, 0.3) is 5.82 Å². The molecule has 2 N–H and O–H groups in total. The number of nitrogens with two attached hydrogens (primary N) is 1. The molecule has 1 aromatic carbocycles. The number of carbonyl (C=O) groups excluding carboxylic acids is 1. The third kappa shape index (κ3) is 3.25. The molecule has 102 valence electrons. The van der Waals surface area contributed by atoms with Gasteiger partial charge in [-0.3, -0.25) is 10.5 Å². The Balaban J connectivity index is 2.27. The van der Waals surface area contributed by atoms with E-state index in [-0.39, 0.29) is 5.78 Å². The summed E-state index contributed by atoms with van der Waals surface area (Å²) in [7, 11) is 0. The topological polar surface area (TPSA) is 47.0 Å². The molecule has 0 fully saturated rings. The standard InChI is InChI=1S/C16H15ClN2O/c1-11-3-5-14(12(2)9-11)15(20)7-8-19-10-13(17)4-6-16(19)18/h3-10,18H,1-2H3/p+1. The van der Waals surface area contributed by atoms with E-state index in [1.807, 2.05) is 32.0 Å². The van der Waals surface area contributed by atoms with E-state index in [9.17, 15) is 4.79 Å². The van der Waals surface area contributed by atoms with Gasteiger partial charge in [0.1, 0.15) is 6.20 Å². The lowest BCUT2D eigenvalue weighted by Gasteiger charge is -2.02. The summed E-state index contributed by atoms with van der Waals surface area (Å²) in [6.07, 6.45) is 4.76. The number of anilines is 1. The fourth-order valence-corrected chi connectivity index (χ4v) is 2.13. The van der Waals surface area contributed by atoms with Crippen LogP contribution in [0.15, 0.2) is 42.6 Å². The van der Waals surface area contributed by atoms with Crippen LogP contribution in [0.3, 0.4) is 0 Å². The summed E-state index contributed by atoms with van der Waals surface area (Å²) in [5, 5.41) is 0.558.